The van der Waals surface area contributed by atoms with E-state index in [-0.39, 0.29) is 17.5 Å². The number of nitrogens with two attached hydrogens (primary N) is 2. The first-order chi connectivity index (χ1) is 8.08. The van der Waals surface area contributed by atoms with Crippen LogP contribution in [0.25, 0.3) is 0 Å². The van der Waals surface area contributed by atoms with Crippen LogP contribution in [-0.2, 0) is 0 Å². The molecule has 0 spiro atoms. The molecule has 6 nitrogen and oxygen atoms in total. The van der Waals surface area contributed by atoms with Crippen LogP contribution in [0.4, 0.5) is 27.5 Å². The summed E-state index contributed by atoms with van der Waals surface area (Å²) in [6.45, 7) is 0. The second kappa shape index (κ2) is 4.22. The number of rotatable bonds is 2. The Bertz CT molecular complexity index is 548. The molecule has 1 aromatic heterocycles. The van der Waals surface area contributed by atoms with Crippen molar-refractivity contribution in [2.45, 2.75) is 0 Å². The van der Waals surface area contributed by atoms with Gasteiger partial charge in [0.1, 0.15) is 0 Å². The molecule has 1 heterocycles. The number of benzene rings is 1. The number of nitrogens with zero attached hydrogens (tertiary/aromatic N) is 3. The monoisotopic (exact) mass is 235 g/mol. The fourth-order valence-corrected chi connectivity index (χ4v) is 1.30. The highest BCUT2D eigenvalue weighted by Crippen LogP contribution is 2.25. The van der Waals surface area contributed by atoms with Crippen molar-refractivity contribution in [1.82, 2.24) is 9.97 Å². The van der Waals surface area contributed by atoms with Gasteiger partial charge in [-0.25, -0.2) is 14.4 Å². The molecule has 0 aliphatic rings. The van der Waals surface area contributed by atoms with Crippen molar-refractivity contribution in [2.75, 3.05) is 16.5 Å². The standard InChI is InChI=1S/C10H10FN5O/c11-8-5-14-10(13)15-9(8)16(17)7-3-1-2-6(12)4-7/h1-5,17H,12H2,(H2,13,14,15). The Labute approximate surface area is 96.3 Å². The maximum atomic E-state index is 13.4. The Morgan fingerprint density at radius 3 is 2.76 bits per heavy atom. The second-order valence-electron chi connectivity index (χ2n) is 3.31. The summed E-state index contributed by atoms with van der Waals surface area (Å²) in [5, 5.41) is 10.4. The Kier molecular flexibility index (Phi) is 2.75. The van der Waals surface area contributed by atoms with E-state index < -0.39 is 5.82 Å². The van der Waals surface area contributed by atoms with Gasteiger partial charge in [-0.2, -0.15) is 4.98 Å². The molecule has 5 N–H and O–H groups in total. The summed E-state index contributed by atoms with van der Waals surface area (Å²) >= 11 is 0. The number of hydrogen-bond donors (Lipinski definition) is 3. The van der Waals surface area contributed by atoms with Crippen LogP contribution in [0, 0.1) is 5.82 Å². The highest BCUT2D eigenvalue weighted by molar-refractivity contribution is 5.62. The molecule has 88 valence electrons. The van der Waals surface area contributed by atoms with Crippen LogP contribution in [0.3, 0.4) is 0 Å². The Morgan fingerprint density at radius 2 is 2.06 bits per heavy atom. The second-order valence-corrected chi connectivity index (χ2v) is 3.31. The third-order valence-corrected chi connectivity index (χ3v) is 2.06. The zero-order chi connectivity index (χ0) is 12.4. The minimum Gasteiger partial charge on any atom is -0.399 e. The molecule has 0 atom stereocenters. The van der Waals surface area contributed by atoms with Crippen LogP contribution in [0.2, 0.25) is 0 Å². The first-order valence-corrected chi connectivity index (χ1v) is 4.70. The quantitative estimate of drug-likeness (QED) is 0.535. The summed E-state index contributed by atoms with van der Waals surface area (Å²) < 4.78 is 13.4. The lowest BCUT2D eigenvalue weighted by atomic mass is 10.3. The Morgan fingerprint density at radius 1 is 1.29 bits per heavy atom. The van der Waals surface area contributed by atoms with Gasteiger partial charge < -0.3 is 11.5 Å². The number of aromatic nitrogens is 2. The molecule has 0 bridgehead atoms. The smallest absolute Gasteiger partial charge is 0.222 e. The summed E-state index contributed by atoms with van der Waals surface area (Å²) in [6.07, 6.45) is 0.882. The minimum absolute atomic E-state index is 0.135. The fourth-order valence-electron chi connectivity index (χ4n) is 1.30. The summed E-state index contributed by atoms with van der Waals surface area (Å²) in [6, 6.07) is 6.28. The average Bonchev–Trinajstić information content (AvgIpc) is 2.31. The van der Waals surface area contributed by atoms with Gasteiger partial charge in [0.15, 0.2) is 11.6 Å². The number of nitrogen functional groups attached to an aromatic ring is 2. The first-order valence-electron chi connectivity index (χ1n) is 4.70. The maximum absolute atomic E-state index is 13.4. The molecule has 2 aromatic rings. The molecule has 0 unspecified atom stereocenters. The molecular weight excluding hydrogens is 225 g/mol. The van der Waals surface area contributed by atoms with Gasteiger partial charge in [-0.1, -0.05) is 6.07 Å². The van der Waals surface area contributed by atoms with Crippen molar-refractivity contribution in [1.29, 1.82) is 0 Å². The molecular formula is C10H10FN5O. The maximum Gasteiger partial charge on any atom is 0.222 e. The molecule has 0 aliphatic carbocycles. The molecule has 0 aliphatic heterocycles. The molecule has 0 radical (unpaired) electrons. The van der Waals surface area contributed by atoms with Crippen molar-refractivity contribution in [3.8, 4) is 0 Å². The predicted octanol–water partition coefficient (Wildman–Crippen LogP) is 1.31. The summed E-state index contributed by atoms with van der Waals surface area (Å²) in [5.74, 6) is -1.25. The summed E-state index contributed by atoms with van der Waals surface area (Å²) in [5.41, 5.74) is 11.6. The van der Waals surface area contributed by atoms with Crippen LogP contribution < -0.4 is 16.5 Å². The van der Waals surface area contributed by atoms with Crippen molar-refractivity contribution < 1.29 is 9.60 Å². The van der Waals surface area contributed by atoms with E-state index in [0.717, 1.165) is 6.20 Å². The third-order valence-electron chi connectivity index (χ3n) is 2.06. The Balaban J connectivity index is 2.43. The largest absolute Gasteiger partial charge is 0.399 e. The zero-order valence-electron chi connectivity index (χ0n) is 8.71. The number of hydrogen-bond acceptors (Lipinski definition) is 6. The molecule has 2 rings (SSSR count). The molecule has 0 saturated heterocycles. The first kappa shape index (κ1) is 11.1. The minimum atomic E-state index is -0.788. The van der Waals surface area contributed by atoms with E-state index in [9.17, 15) is 9.60 Å². The molecule has 0 fully saturated rings. The zero-order valence-corrected chi connectivity index (χ0v) is 8.71. The van der Waals surface area contributed by atoms with Crippen LogP contribution in [-0.4, -0.2) is 15.2 Å². The van der Waals surface area contributed by atoms with Crippen molar-refractivity contribution in [3.05, 3.63) is 36.3 Å². The van der Waals surface area contributed by atoms with E-state index in [0.29, 0.717) is 10.8 Å². The van der Waals surface area contributed by atoms with Gasteiger partial charge in [0.25, 0.3) is 0 Å². The van der Waals surface area contributed by atoms with E-state index in [1.165, 1.54) is 6.07 Å². The van der Waals surface area contributed by atoms with Gasteiger partial charge in [-0.15, -0.1) is 0 Å². The molecule has 1 aromatic carbocycles. The molecule has 0 saturated carbocycles. The van der Waals surface area contributed by atoms with Gasteiger partial charge >= 0.3 is 0 Å². The van der Waals surface area contributed by atoms with E-state index in [2.05, 4.69) is 9.97 Å². The molecule has 7 heteroatoms. The molecule has 0 amide bonds. The van der Waals surface area contributed by atoms with E-state index >= 15 is 0 Å². The fraction of sp³-hybridized carbons (Fsp3) is 0. The SMILES string of the molecule is Nc1cccc(N(O)c2nc(N)ncc2F)c1. The van der Waals surface area contributed by atoms with Crippen LogP contribution in [0.15, 0.2) is 30.5 Å². The van der Waals surface area contributed by atoms with Crippen molar-refractivity contribution in [2.24, 2.45) is 0 Å². The van der Waals surface area contributed by atoms with Crippen LogP contribution >= 0.6 is 0 Å². The summed E-state index contributed by atoms with van der Waals surface area (Å²) in [7, 11) is 0. The van der Waals surface area contributed by atoms with Gasteiger partial charge in [-0.05, 0) is 18.2 Å². The topological polar surface area (TPSA) is 101 Å². The normalized spacial score (nSPS) is 10.2. The van der Waals surface area contributed by atoms with Crippen molar-refractivity contribution >= 4 is 23.1 Å². The van der Waals surface area contributed by atoms with Crippen molar-refractivity contribution in [3.63, 3.8) is 0 Å². The predicted molar refractivity (Wildman–Crippen MR) is 61.2 cm³/mol. The lowest BCUT2D eigenvalue weighted by molar-refractivity contribution is 0.293. The van der Waals surface area contributed by atoms with Crippen LogP contribution in [0.5, 0.6) is 0 Å². The third kappa shape index (κ3) is 2.23. The molecule has 17 heavy (non-hydrogen) atoms. The van der Waals surface area contributed by atoms with Gasteiger partial charge in [0.2, 0.25) is 5.95 Å². The highest BCUT2D eigenvalue weighted by atomic mass is 19.1. The number of halogens is 1. The van der Waals surface area contributed by atoms with E-state index in [1.807, 2.05) is 0 Å². The lowest BCUT2D eigenvalue weighted by Gasteiger charge is -2.16. The van der Waals surface area contributed by atoms with Gasteiger partial charge in [-0.3, -0.25) is 5.21 Å². The Hall–Kier alpha value is -2.41. The number of anilines is 4. The van der Waals surface area contributed by atoms with E-state index in [4.69, 9.17) is 11.5 Å². The van der Waals surface area contributed by atoms with Gasteiger partial charge in [0, 0.05) is 5.69 Å². The average molecular weight is 235 g/mol. The highest BCUT2D eigenvalue weighted by Gasteiger charge is 2.14. The van der Waals surface area contributed by atoms with Crippen LogP contribution in [0.1, 0.15) is 0 Å². The van der Waals surface area contributed by atoms with E-state index in [1.54, 1.807) is 18.2 Å². The van der Waals surface area contributed by atoms with Gasteiger partial charge in [0.05, 0.1) is 11.9 Å². The summed E-state index contributed by atoms with van der Waals surface area (Å²) in [4.78, 5) is 7.07. The lowest BCUT2D eigenvalue weighted by Crippen LogP contribution is -2.15.